The lowest BCUT2D eigenvalue weighted by atomic mass is 10.2. The average Bonchev–Trinajstić information content (AvgIpc) is 2.84. The first-order valence-corrected chi connectivity index (χ1v) is 6.28. The van der Waals surface area contributed by atoms with Crippen LogP contribution in [0.1, 0.15) is 10.4 Å². The second-order valence-electron chi connectivity index (χ2n) is 4.58. The van der Waals surface area contributed by atoms with Gasteiger partial charge in [0.15, 0.2) is 5.82 Å². The third kappa shape index (κ3) is 2.62. The second-order valence-corrected chi connectivity index (χ2v) is 4.58. The zero-order chi connectivity index (χ0) is 15.6. The Hall–Kier alpha value is -2.70. The Morgan fingerprint density at radius 1 is 1.33 bits per heavy atom. The van der Waals surface area contributed by atoms with E-state index in [1.54, 1.807) is 32.2 Å². The summed E-state index contributed by atoms with van der Waals surface area (Å²) in [7, 11) is 6.45. The molecule has 0 aliphatic heterocycles. The van der Waals surface area contributed by atoms with Gasteiger partial charge in [-0.15, -0.1) is 5.10 Å². The van der Waals surface area contributed by atoms with E-state index >= 15 is 0 Å². The minimum Gasteiger partial charge on any atom is -0.497 e. The Morgan fingerprint density at radius 3 is 2.62 bits per heavy atom. The normalized spacial score (nSPS) is 10.3. The zero-order valence-corrected chi connectivity index (χ0v) is 12.5. The van der Waals surface area contributed by atoms with Crippen LogP contribution in [0.25, 0.3) is 5.69 Å². The first kappa shape index (κ1) is 14.7. The number of hydrogen-bond acceptors (Lipinski definition) is 6. The van der Waals surface area contributed by atoms with Gasteiger partial charge in [0.05, 0.1) is 19.9 Å². The minimum atomic E-state index is -0.523. The molecule has 0 saturated carbocycles. The summed E-state index contributed by atoms with van der Waals surface area (Å²) in [5, 5.41) is 4.39. The molecule has 1 aromatic heterocycles. The maximum absolute atomic E-state index is 11.9. The number of aromatic nitrogens is 2. The Balaban J connectivity index is 2.62. The van der Waals surface area contributed by atoms with Gasteiger partial charge in [0.1, 0.15) is 17.1 Å². The molecule has 7 heteroatoms. The minimum absolute atomic E-state index is 0.221. The van der Waals surface area contributed by atoms with Gasteiger partial charge in [-0.1, -0.05) is 6.07 Å². The molecular weight excluding hydrogens is 272 g/mol. The largest absolute Gasteiger partial charge is 0.497 e. The summed E-state index contributed by atoms with van der Waals surface area (Å²) < 4.78 is 11.5. The van der Waals surface area contributed by atoms with Gasteiger partial charge in [-0.3, -0.25) is 0 Å². The molecule has 1 heterocycles. The smallest absolute Gasteiger partial charge is 0.345 e. The monoisotopic (exact) mass is 290 g/mol. The standard InChI is InChI=1S/C14H18N4O3/c1-17(2)13-11(14(19)21-4)12(15)18(16-13)9-6-5-7-10(8-9)20-3/h5-8H,15H2,1-4H3. The summed E-state index contributed by atoms with van der Waals surface area (Å²) in [4.78, 5) is 13.6. The molecular formula is C14H18N4O3. The van der Waals surface area contributed by atoms with Crippen LogP contribution in [-0.2, 0) is 4.74 Å². The van der Waals surface area contributed by atoms with E-state index in [4.69, 9.17) is 15.2 Å². The fourth-order valence-electron chi connectivity index (χ4n) is 1.97. The number of carbonyl (C=O) groups is 1. The van der Waals surface area contributed by atoms with Crippen molar-refractivity contribution in [2.75, 3.05) is 38.9 Å². The van der Waals surface area contributed by atoms with E-state index in [0.717, 1.165) is 0 Å². The van der Waals surface area contributed by atoms with E-state index in [-0.39, 0.29) is 11.4 Å². The number of carbonyl (C=O) groups excluding carboxylic acids is 1. The van der Waals surface area contributed by atoms with Crippen LogP contribution in [0.5, 0.6) is 5.75 Å². The van der Waals surface area contributed by atoms with Gasteiger partial charge in [-0.25, -0.2) is 9.48 Å². The molecule has 0 spiro atoms. The Bertz CT molecular complexity index is 664. The lowest BCUT2D eigenvalue weighted by Crippen LogP contribution is -2.14. The molecule has 21 heavy (non-hydrogen) atoms. The topological polar surface area (TPSA) is 82.6 Å². The van der Waals surface area contributed by atoms with Crippen LogP contribution >= 0.6 is 0 Å². The van der Waals surface area contributed by atoms with E-state index in [1.807, 2.05) is 18.2 Å². The van der Waals surface area contributed by atoms with Crippen molar-refractivity contribution in [3.8, 4) is 11.4 Å². The number of nitrogens with zero attached hydrogens (tertiary/aromatic N) is 3. The molecule has 2 aromatic rings. The molecule has 0 aliphatic rings. The van der Waals surface area contributed by atoms with Crippen LogP contribution in [0.3, 0.4) is 0 Å². The van der Waals surface area contributed by atoms with Gasteiger partial charge in [-0.05, 0) is 12.1 Å². The third-order valence-corrected chi connectivity index (χ3v) is 3.01. The Morgan fingerprint density at radius 2 is 2.05 bits per heavy atom. The molecule has 1 aromatic carbocycles. The fraction of sp³-hybridized carbons (Fsp3) is 0.286. The molecule has 0 amide bonds. The molecule has 0 bridgehead atoms. The molecule has 0 radical (unpaired) electrons. The first-order chi connectivity index (χ1) is 9.99. The number of nitrogens with two attached hydrogens (primary N) is 1. The summed E-state index contributed by atoms with van der Waals surface area (Å²) in [6.45, 7) is 0. The summed E-state index contributed by atoms with van der Waals surface area (Å²) in [5.74, 6) is 0.819. The molecule has 0 aliphatic carbocycles. The molecule has 0 fully saturated rings. The van der Waals surface area contributed by atoms with Crippen molar-refractivity contribution in [2.45, 2.75) is 0 Å². The van der Waals surface area contributed by atoms with Gasteiger partial charge in [0, 0.05) is 20.2 Å². The van der Waals surface area contributed by atoms with Crippen molar-refractivity contribution in [3.05, 3.63) is 29.8 Å². The summed E-state index contributed by atoms with van der Waals surface area (Å²) in [6.07, 6.45) is 0. The lowest BCUT2D eigenvalue weighted by Gasteiger charge is -2.09. The predicted octanol–water partition coefficient (Wildman–Crippen LogP) is 1.32. The van der Waals surface area contributed by atoms with Crippen molar-refractivity contribution in [1.29, 1.82) is 0 Å². The molecule has 2 rings (SSSR count). The Kier molecular flexibility index (Phi) is 4.02. The van der Waals surface area contributed by atoms with E-state index < -0.39 is 5.97 Å². The maximum atomic E-state index is 11.9. The van der Waals surface area contributed by atoms with Gasteiger partial charge >= 0.3 is 5.97 Å². The molecule has 0 atom stereocenters. The fourth-order valence-corrected chi connectivity index (χ4v) is 1.97. The van der Waals surface area contributed by atoms with Gasteiger partial charge in [0.25, 0.3) is 0 Å². The lowest BCUT2D eigenvalue weighted by molar-refractivity contribution is 0.0602. The van der Waals surface area contributed by atoms with E-state index in [1.165, 1.54) is 11.8 Å². The zero-order valence-electron chi connectivity index (χ0n) is 12.5. The molecule has 112 valence electrons. The van der Waals surface area contributed by atoms with Crippen LogP contribution < -0.4 is 15.4 Å². The van der Waals surface area contributed by atoms with E-state index in [9.17, 15) is 4.79 Å². The highest BCUT2D eigenvalue weighted by molar-refractivity contribution is 6.00. The van der Waals surface area contributed by atoms with Crippen LogP contribution in [0, 0.1) is 0 Å². The van der Waals surface area contributed by atoms with Gasteiger partial charge in [-0.2, -0.15) is 0 Å². The number of anilines is 2. The van der Waals surface area contributed by atoms with Gasteiger partial charge < -0.3 is 20.1 Å². The summed E-state index contributed by atoms with van der Waals surface area (Å²) in [5.41, 5.74) is 7.01. The van der Waals surface area contributed by atoms with E-state index in [0.29, 0.717) is 17.3 Å². The quantitative estimate of drug-likeness (QED) is 0.855. The highest BCUT2D eigenvalue weighted by Crippen LogP contribution is 2.28. The number of nitrogen functional groups attached to an aromatic ring is 1. The molecule has 0 saturated heterocycles. The van der Waals surface area contributed by atoms with Crippen LogP contribution in [-0.4, -0.2) is 44.1 Å². The van der Waals surface area contributed by atoms with Crippen LogP contribution in [0.15, 0.2) is 24.3 Å². The van der Waals surface area contributed by atoms with E-state index in [2.05, 4.69) is 5.10 Å². The van der Waals surface area contributed by atoms with Gasteiger partial charge in [0.2, 0.25) is 0 Å². The number of esters is 1. The highest BCUT2D eigenvalue weighted by atomic mass is 16.5. The number of methoxy groups -OCH3 is 2. The average molecular weight is 290 g/mol. The summed E-state index contributed by atoms with van der Waals surface area (Å²) >= 11 is 0. The van der Waals surface area contributed by atoms with Crippen molar-refractivity contribution < 1.29 is 14.3 Å². The Labute approximate surface area is 122 Å². The summed E-state index contributed by atoms with van der Waals surface area (Å²) in [6, 6.07) is 7.25. The number of hydrogen-bond donors (Lipinski definition) is 1. The molecule has 0 unspecified atom stereocenters. The highest BCUT2D eigenvalue weighted by Gasteiger charge is 2.24. The number of benzene rings is 1. The van der Waals surface area contributed by atoms with Crippen LogP contribution in [0.2, 0.25) is 0 Å². The van der Waals surface area contributed by atoms with Crippen molar-refractivity contribution in [2.24, 2.45) is 0 Å². The van der Waals surface area contributed by atoms with Crippen molar-refractivity contribution in [1.82, 2.24) is 9.78 Å². The molecule has 2 N–H and O–H groups in total. The van der Waals surface area contributed by atoms with Crippen LogP contribution in [0.4, 0.5) is 11.6 Å². The SMILES string of the molecule is COC(=O)c1c(N(C)C)nn(-c2cccc(OC)c2)c1N. The van der Waals surface area contributed by atoms with Crippen molar-refractivity contribution >= 4 is 17.6 Å². The maximum Gasteiger partial charge on any atom is 0.345 e. The number of ether oxygens (including phenoxy) is 2. The number of rotatable bonds is 4. The predicted molar refractivity (Wildman–Crippen MR) is 80.2 cm³/mol. The van der Waals surface area contributed by atoms with Crippen molar-refractivity contribution in [3.63, 3.8) is 0 Å². The third-order valence-electron chi connectivity index (χ3n) is 3.01. The molecule has 7 nitrogen and oxygen atoms in total. The second kappa shape index (κ2) is 5.74. The first-order valence-electron chi connectivity index (χ1n) is 6.28.